The quantitative estimate of drug-likeness (QED) is 0.917. The van der Waals surface area contributed by atoms with Crippen LogP contribution in [0.2, 0.25) is 0 Å². The summed E-state index contributed by atoms with van der Waals surface area (Å²) in [5, 5.41) is 3.38. The number of hydrogen-bond donors (Lipinski definition) is 1. The minimum atomic E-state index is 0.397. The van der Waals surface area contributed by atoms with Crippen LogP contribution in [-0.2, 0) is 0 Å². The van der Waals surface area contributed by atoms with E-state index in [2.05, 4.69) is 38.4 Å². The van der Waals surface area contributed by atoms with Crippen LogP contribution < -0.4 is 15.0 Å². The molecule has 0 aliphatic carbocycles. The molecule has 0 saturated carbocycles. The molecule has 1 N–H and O–H groups in total. The lowest BCUT2D eigenvalue weighted by Gasteiger charge is -2.31. The van der Waals surface area contributed by atoms with Crippen LogP contribution in [0.25, 0.3) is 11.1 Å². The van der Waals surface area contributed by atoms with Crippen LogP contribution in [0.4, 0.5) is 5.69 Å². The molecule has 20 heavy (non-hydrogen) atoms. The van der Waals surface area contributed by atoms with Gasteiger partial charge in [-0.3, -0.25) is 0 Å². The van der Waals surface area contributed by atoms with Crippen LogP contribution >= 0.6 is 0 Å². The van der Waals surface area contributed by atoms with Crippen LogP contribution in [0, 0.1) is 0 Å². The molecule has 1 aliphatic rings. The fourth-order valence-electron chi connectivity index (χ4n) is 2.46. The van der Waals surface area contributed by atoms with Gasteiger partial charge in [0.1, 0.15) is 0 Å². The Morgan fingerprint density at radius 1 is 1.10 bits per heavy atom. The monoisotopic (exact) mass is 270 g/mol. The first-order valence-corrected chi connectivity index (χ1v) is 6.79. The molecule has 1 aromatic carbocycles. The summed E-state index contributed by atoms with van der Waals surface area (Å²) in [4.78, 5) is 10.8. The lowest BCUT2D eigenvalue weighted by molar-refractivity contribution is 0.380. The van der Waals surface area contributed by atoms with Crippen molar-refractivity contribution in [3.63, 3.8) is 0 Å². The standard InChI is InChI=1S/C15H18N4O/c1-20-15-17-10-12(11-18-15)13-4-2-3-5-14(13)19-8-6-16-7-9-19/h2-5,10-11,16H,6-9H2,1H3. The van der Waals surface area contributed by atoms with Crippen LogP contribution in [0.5, 0.6) is 6.01 Å². The molecule has 1 fully saturated rings. The van der Waals surface area contributed by atoms with Gasteiger partial charge < -0.3 is 15.0 Å². The SMILES string of the molecule is COc1ncc(-c2ccccc2N2CCNCC2)cn1. The van der Waals surface area contributed by atoms with Gasteiger partial charge in [-0.25, -0.2) is 9.97 Å². The van der Waals surface area contributed by atoms with Gasteiger partial charge in [-0.2, -0.15) is 0 Å². The number of methoxy groups -OCH3 is 1. The van der Waals surface area contributed by atoms with E-state index in [1.165, 1.54) is 5.69 Å². The molecule has 2 heterocycles. The van der Waals surface area contributed by atoms with E-state index in [1.807, 2.05) is 18.5 Å². The van der Waals surface area contributed by atoms with Crippen molar-refractivity contribution in [2.75, 3.05) is 38.2 Å². The van der Waals surface area contributed by atoms with Crippen molar-refractivity contribution in [2.45, 2.75) is 0 Å². The third-order valence-corrected chi connectivity index (χ3v) is 3.48. The maximum Gasteiger partial charge on any atom is 0.316 e. The van der Waals surface area contributed by atoms with Crippen LogP contribution in [0.3, 0.4) is 0 Å². The molecule has 0 atom stereocenters. The second-order valence-corrected chi connectivity index (χ2v) is 4.71. The predicted octanol–water partition coefficient (Wildman–Crippen LogP) is 1.56. The Labute approximate surface area is 118 Å². The highest BCUT2D eigenvalue weighted by molar-refractivity contribution is 5.77. The number of ether oxygens (including phenoxy) is 1. The molecule has 0 spiro atoms. The molecule has 1 aliphatic heterocycles. The molecule has 0 unspecified atom stereocenters. The van der Waals surface area contributed by atoms with Crippen LogP contribution in [0.1, 0.15) is 0 Å². The van der Waals surface area contributed by atoms with E-state index >= 15 is 0 Å². The Kier molecular flexibility index (Phi) is 3.78. The maximum absolute atomic E-state index is 5.01. The van der Waals surface area contributed by atoms with Crippen molar-refractivity contribution in [3.05, 3.63) is 36.7 Å². The number of para-hydroxylation sites is 1. The summed E-state index contributed by atoms with van der Waals surface area (Å²) >= 11 is 0. The van der Waals surface area contributed by atoms with Gasteiger partial charge in [-0.05, 0) is 6.07 Å². The minimum absolute atomic E-state index is 0.397. The number of anilines is 1. The predicted molar refractivity (Wildman–Crippen MR) is 79.1 cm³/mol. The highest BCUT2D eigenvalue weighted by Gasteiger charge is 2.15. The van der Waals surface area contributed by atoms with Crippen molar-refractivity contribution < 1.29 is 4.74 Å². The van der Waals surface area contributed by atoms with E-state index in [9.17, 15) is 0 Å². The Hall–Kier alpha value is -2.14. The topological polar surface area (TPSA) is 50.3 Å². The summed E-state index contributed by atoms with van der Waals surface area (Å²) in [7, 11) is 1.57. The summed E-state index contributed by atoms with van der Waals surface area (Å²) in [6.07, 6.45) is 3.62. The molecule has 0 amide bonds. The van der Waals surface area contributed by atoms with Crippen LogP contribution in [-0.4, -0.2) is 43.3 Å². The zero-order chi connectivity index (χ0) is 13.8. The Morgan fingerprint density at radius 2 is 1.80 bits per heavy atom. The highest BCUT2D eigenvalue weighted by Crippen LogP contribution is 2.30. The number of piperazine rings is 1. The first-order valence-electron chi connectivity index (χ1n) is 6.79. The van der Waals surface area contributed by atoms with Gasteiger partial charge in [-0.15, -0.1) is 0 Å². The highest BCUT2D eigenvalue weighted by atomic mass is 16.5. The molecule has 3 rings (SSSR count). The molecular weight excluding hydrogens is 252 g/mol. The second-order valence-electron chi connectivity index (χ2n) is 4.71. The molecule has 1 saturated heterocycles. The second kappa shape index (κ2) is 5.88. The van der Waals surface area contributed by atoms with E-state index in [0.29, 0.717) is 6.01 Å². The van der Waals surface area contributed by atoms with Gasteiger partial charge in [0.15, 0.2) is 0 Å². The van der Waals surface area contributed by atoms with E-state index in [-0.39, 0.29) is 0 Å². The molecule has 104 valence electrons. The van der Waals surface area contributed by atoms with Gasteiger partial charge in [0.2, 0.25) is 0 Å². The first-order chi connectivity index (χ1) is 9.88. The smallest absolute Gasteiger partial charge is 0.316 e. The van der Waals surface area contributed by atoms with Gasteiger partial charge in [0.25, 0.3) is 0 Å². The summed E-state index contributed by atoms with van der Waals surface area (Å²) in [6, 6.07) is 8.79. The van der Waals surface area contributed by atoms with Crippen molar-refractivity contribution in [3.8, 4) is 17.1 Å². The Bertz CT molecular complexity index is 564. The Balaban J connectivity index is 1.95. The third-order valence-electron chi connectivity index (χ3n) is 3.48. The normalized spacial score (nSPS) is 15.2. The van der Waals surface area contributed by atoms with Gasteiger partial charge in [0.05, 0.1) is 7.11 Å². The molecule has 5 heteroatoms. The number of benzene rings is 1. The molecule has 1 aromatic heterocycles. The fraction of sp³-hybridized carbons (Fsp3) is 0.333. The van der Waals surface area contributed by atoms with Crippen LogP contribution in [0.15, 0.2) is 36.7 Å². The zero-order valence-electron chi connectivity index (χ0n) is 11.5. The number of nitrogens with zero attached hydrogens (tertiary/aromatic N) is 3. The van der Waals surface area contributed by atoms with E-state index in [4.69, 9.17) is 4.74 Å². The van der Waals surface area contributed by atoms with Crippen molar-refractivity contribution >= 4 is 5.69 Å². The summed E-state index contributed by atoms with van der Waals surface area (Å²) in [5.41, 5.74) is 3.42. The molecule has 2 aromatic rings. The van der Waals surface area contributed by atoms with Gasteiger partial charge in [-0.1, -0.05) is 18.2 Å². The molecular formula is C15H18N4O. The van der Waals surface area contributed by atoms with E-state index in [1.54, 1.807) is 7.11 Å². The average molecular weight is 270 g/mol. The van der Waals surface area contributed by atoms with E-state index < -0.39 is 0 Å². The molecule has 0 bridgehead atoms. The van der Waals surface area contributed by atoms with Crippen molar-refractivity contribution in [1.82, 2.24) is 15.3 Å². The minimum Gasteiger partial charge on any atom is -0.467 e. The van der Waals surface area contributed by atoms with E-state index in [0.717, 1.165) is 37.3 Å². The van der Waals surface area contributed by atoms with Gasteiger partial charge in [0, 0.05) is 55.4 Å². The van der Waals surface area contributed by atoms with Crippen molar-refractivity contribution in [2.24, 2.45) is 0 Å². The first kappa shape index (κ1) is 12.9. The largest absolute Gasteiger partial charge is 0.467 e. The number of aromatic nitrogens is 2. The lowest BCUT2D eigenvalue weighted by Crippen LogP contribution is -2.43. The Morgan fingerprint density at radius 3 is 2.50 bits per heavy atom. The zero-order valence-corrected chi connectivity index (χ0v) is 11.5. The number of rotatable bonds is 3. The fourth-order valence-corrected chi connectivity index (χ4v) is 2.46. The van der Waals surface area contributed by atoms with Gasteiger partial charge >= 0.3 is 6.01 Å². The third kappa shape index (κ3) is 2.58. The summed E-state index contributed by atoms with van der Waals surface area (Å²) < 4.78 is 5.01. The number of hydrogen-bond acceptors (Lipinski definition) is 5. The lowest BCUT2D eigenvalue weighted by atomic mass is 10.1. The molecule has 5 nitrogen and oxygen atoms in total. The average Bonchev–Trinajstić information content (AvgIpc) is 2.56. The summed E-state index contributed by atoms with van der Waals surface area (Å²) in [6.45, 7) is 4.09. The molecule has 0 radical (unpaired) electrons. The summed E-state index contributed by atoms with van der Waals surface area (Å²) in [5.74, 6) is 0. The number of nitrogens with one attached hydrogen (secondary N) is 1. The van der Waals surface area contributed by atoms with Crippen molar-refractivity contribution in [1.29, 1.82) is 0 Å². The maximum atomic E-state index is 5.01.